The van der Waals surface area contributed by atoms with E-state index in [2.05, 4.69) is 10.9 Å². The number of hydrogen-bond acceptors (Lipinski definition) is 3. The van der Waals surface area contributed by atoms with Gasteiger partial charge in [-0.25, -0.2) is 9.78 Å². The Bertz CT molecular complexity index is 426. The Balaban J connectivity index is 3.19. The van der Waals surface area contributed by atoms with Crippen LogP contribution in [-0.2, 0) is 0 Å². The minimum Gasteiger partial charge on any atom is -0.478 e. The van der Waals surface area contributed by atoms with Gasteiger partial charge in [0.15, 0.2) is 0 Å². The summed E-state index contributed by atoms with van der Waals surface area (Å²) in [5.74, 6) is 1.62. The molecule has 0 bridgehead atoms. The van der Waals surface area contributed by atoms with Crippen molar-refractivity contribution in [3.05, 3.63) is 22.8 Å². The van der Waals surface area contributed by atoms with Crippen molar-refractivity contribution < 1.29 is 9.90 Å². The van der Waals surface area contributed by atoms with Crippen LogP contribution in [0.25, 0.3) is 0 Å². The van der Waals surface area contributed by atoms with Crippen molar-refractivity contribution in [3.63, 3.8) is 0 Å². The molecule has 5 heteroatoms. The van der Waals surface area contributed by atoms with Crippen LogP contribution in [0.5, 0.6) is 0 Å². The van der Waals surface area contributed by atoms with Crippen LogP contribution < -0.4 is 4.90 Å². The quantitative estimate of drug-likeness (QED) is 0.625. The van der Waals surface area contributed by atoms with Gasteiger partial charge < -0.3 is 10.0 Å². The molecule has 0 aromatic carbocycles. The molecule has 78 valence electrons. The van der Waals surface area contributed by atoms with Gasteiger partial charge in [0.1, 0.15) is 16.5 Å². The molecule has 1 heterocycles. The zero-order chi connectivity index (χ0) is 11.4. The van der Waals surface area contributed by atoms with Crippen molar-refractivity contribution in [1.82, 2.24) is 4.98 Å². The molecule has 0 saturated heterocycles. The van der Waals surface area contributed by atoms with E-state index in [1.807, 2.05) is 0 Å². The number of aromatic carboxylic acids is 1. The summed E-state index contributed by atoms with van der Waals surface area (Å²) in [6, 6.07) is 2.83. The van der Waals surface area contributed by atoms with Gasteiger partial charge >= 0.3 is 5.97 Å². The highest BCUT2D eigenvalue weighted by atomic mass is 35.5. The lowest BCUT2D eigenvalue weighted by molar-refractivity contribution is 0.0697. The molecule has 0 radical (unpaired) electrons. The van der Waals surface area contributed by atoms with Crippen LogP contribution in [0, 0.1) is 12.3 Å². The second-order valence-electron chi connectivity index (χ2n) is 2.87. The largest absolute Gasteiger partial charge is 0.478 e. The fourth-order valence-electron chi connectivity index (χ4n) is 1.10. The van der Waals surface area contributed by atoms with Crippen LogP contribution in [0.4, 0.5) is 5.82 Å². The lowest BCUT2D eigenvalue weighted by Crippen LogP contribution is -2.21. The third-order valence-corrected chi connectivity index (χ3v) is 1.97. The topological polar surface area (TPSA) is 53.4 Å². The van der Waals surface area contributed by atoms with Gasteiger partial charge in [-0.05, 0) is 12.1 Å². The van der Waals surface area contributed by atoms with Gasteiger partial charge in [-0.1, -0.05) is 17.5 Å². The van der Waals surface area contributed by atoms with Crippen LogP contribution in [0.3, 0.4) is 0 Å². The molecule has 0 aliphatic heterocycles. The van der Waals surface area contributed by atoms with Crippen molar-refractivity contribution in [1.29, 1.82) is 0 Å². The number of halogens is 1. The highest BCUT2D eigenvalue weighted by Crippen LogP contribution is 2.19. The first-order valence-corrected chi connectivity index (χ1v) is 4.48. The Morgan fingerprint density at radius 3 is 2.93 bits per heavy atom. The third kappa shape index (κ3) is 2.61. The van der Waals surface area contributed by atoms with Crippen molar-refractivity contribution in [2.75, 3.05) is 18.5 Å². The monoisotopic (exact) mass is 224 g/mol. The van der Waals surface area contributed by atoms with E-state index in [4.69, 9.17) is 23.1 Å². The number of pyridine rings is 1. The molecule has 15 heavy (non-hydrogen) atoms. The smallest absolute Gasteiger partial charge is 0.339 e. The summed E-state index contributed by atoms with van der Waals surface area (Å²) in [6.07, 6.45) is 5.13. The van der Waals surface area contributed by atoms with Crippen molar-refractivity contribution in [2.45, 2.75) is 0 Å². The van der Waals surface area contributed by atoms with Gasteiger partial charge in [0.2, 0.25) is 0 Å². The summed E-state index contributed by atoms with van der Waals surface area (Å²) in [5.41, 5.74) is 0.0807. The Kier molecular flexibility index (Phi) is 3.53. The fraction of sp³-hybridized carbons (Fsp3) is 0.200. The first kappa shape index (κ1) is 11.3. The van der Waals surface area contributed by atoms with E-state index in [0.717, 1.165) is 0 Å². The maximum Gasteiger partial charge on any atom is 0.339 e. The van der Waals surface area contributed by atoms with Gasteiger partial charge in [0.25, 0.3) is 0 Å². The van der Waals surface area contributed by atoms with E-state index in [1.165, 1.54) is 12.1 Å². The van der Waals surface area contributed by atoms with Crippen LogP contribution in [0.1, 0.15) is 10.4 Å². The minimum atomic E-state index is -1.06. The first-order valence-electron chi connectivity index (χ1n) is 4.10. The molecule has 0 spiro atoms. The molecule has 1 aromatic rings. The lowest BCUT2D eigenvalue weighted by atomic mass is 10.2. The Morgan fingerprint density at radius 2 is 2.40 bits per heavy atom. The number of carbonyl (C=O) groups is 1. The number of carboxylic acids is 1. The van der Waals surface area contributed by atoms with Crippen LogP contribution in [0.2, 0.25) is 5.15 Å². The lowest BCUT2D eigenvalue weighted by Gasteiger charge is -2.16. The predicted molar refractivity (Wildman–Crippen MR) is 58.3 cm³/mol. The van der Waals surface area contributed by atoms with Crippen LogP contribution >= 0.6 is 11.6 Å². The number of hydrogen-bond donors (Lipinski definition) is 1. The van der Waals surface area contributed by atoms with Gasteiger partial charge in [0, 0.05) is 7.05 Å². The molecule has 1 N–H and O–H groups in total. The number of nitrogens with zero attached hydrogens (tertiary/aromatic N) is 2. The normalized spacial score (nSPS) is 9.40. The minimum absolute atomic E-state index is 0.0807. The number of rotatable bonds is 3. The molecular weight excluding hydrogens is 216 g/mol. The van der Waals surface area contributed by atoms with Gasteiger partial charge in [-0.3, -0.25) is 0 Å². The maximum absolute atomic E-state index is 10.9. The van der Waals surface area contributed by atoms with Gasteiger partial charge in [-0.15, -0.1) is 6.42 Å². The number of anilines is 1. The van der Waals surface area contributed by atoms with Crippen molar-refractivity contribution in [3.8, 4) is 12.3 Å². The van der Waals surface area contributed by atoms with E-state index >= 15 is 0 Å². The fourth-order valence-corrected chi connectivity index (χ4v) is 1.24. The van der Waals surface area contributed by atoms with E-state index in [-0.39, 0.29) is 23.1 Å². The highest BCUT2D eigenvalue weighted by molar-refractivity contribution is 6.29. The summed E-state index contributed by atoms with van der Waals surface area (Å²) >= 11 is 5.68. The van der Waals surface area contributed by atoms with Crippen molar-refractivity contribution >= 4 is 23.4 Å². The average Bonchev–Trinajstić information content (AvgIpc) is 2.17. The Morgan fingerprint density at radius 1 is 1.73 bits per heavy atom. The predicted octanol–water partition coefficient (Wildman–Crippen LogP) is 1.50. The highest BCUT2D eigenvalue weighted by Gasteiger charge is 2.14. The summed E-state index contributed by atoms with van der Waals surface area (Å²) in [4.78, 5) is 16.4. The molecule has 0 fully saturated rings. The van der Waals surface area contributed by atoms with E-state index in [0.29, 0.717) is 0 Å². The zero-order valence-electron chi connectivity index (χ0n) is 8.07. The molecule has 0 saturated carbocycles. The Hall–Kier alpha value is -1.73. The SMILES string of the molecule is C#CCN(C)c1nc(Cl)ccc1C(=O)O. The molecule has 0 aliphatic rings. The van der Waals surface area contributed by atoms with Crippen LogP contribution in [-0.4, -0.2) is 29.7 Å². The molecule has 0 unspecified atom stereocenters. The molecule has 0 amide bonds. The zero-order valence-corrected chi connectivity index (χ0v) is 8.82. The van der Waals surface area contributed by atoms with E-state index in [9.17, 15) is 4.79 Å². The van der Waals surface area contributed by atoms with E-state index < -0.39 is 5.97 Å². The number of carboxylic acid groups (broad SMARTS) is 1. The molecule has 4 nitrogen and oxygen atoms in total. The first-order chi connectivity index (χ1) is 7.06. The molecular formula is C10H9ClN2O2. The average molecular weight is 225 g/mol. The van der Waals surface area contributed by atoms with Gasteiger partial charge in [-0.2, -0.15) is 0 Å². The molecule has 0 atom stereocenters. The Labute approximate surface area is 92.5 Å². The van der Waals surface area contributed by atoms with Crippen LogP contribution in [0.15, 0.2) is 12.1 Å². The standard InChI is InChI=1S/C10H9ClN2O2/c1-3-6-13(2)9-7(10(14)15)4-5-8(11)12-9/h1,4-5H,6H2,2H3,(H,14,15). The van der Waals surface area contributed by atoms with Gasteiger partial charge in [0.05, 0.1) is 6.54 Å². The summed E-state index contributed by atoms with van der Waals surface area (Å²) in [7, 11) is 1.66. The number of terminal acetylenes is 1. The second-order valence-corrected chi connectivity index (χ2v) is 3.26. The second kappa shape index (κ2) is 4.67. The summed E-state index contributed by atoms with van der Waals surface area (Å²) < 4.78 is 0. The molecule has 0 aliphatic carbocycles. The molecule has 1 rings (SSSR count). The summed E-state index contributed by atoms with van der Waals surface area (Å²) in [5, 5.41) is 9.15. The number of aromatic nitrogens is 1. The van der Waals surface area contributed by atoms with Crippen molar-refractivity contribution in [2.24, 2.45) is 0 Å². The molecule has 1 aromatic heterocycles. The third-order valence-electron chi connectivity index (χ3n) is 1.76. The van der Waals surface area contributed by atoms with E-state index in [1.54, 1.807) is 11.9 Å². The summed E-state index contributed by atoms with van der Waals surface area (Å²) in [6.45, 7) is 0.271. The maximum atomic E-state index is 10.9.